The molecule has 3 N–H and O–H groups in total. The Balaban J connectivity index is 1.87. The molecule has 0 heterocycles. The van der Waals surface area contributed by atoms with Gasteiger partial charge in [-0.25, -0.2) is 0 Å². The smallest absolute Gasteiger partial charge is 0.00146 e. The van der Waals surface area contributed by atoms with Crippen LogP contribution < -0.4 is 11.1 Å². The first-order valence-corrected chi connectivity index (χ1v) is 5.55. The van der Waals surface area contributed by atoms with E-state index in [-0.39, 0.29) is 5.41 Å². The molecule has 0 aromatic rings. The lowest BCUT2D eigenvalue weighted by Crippen LogP contribution is -2.35. The predicted octanol–water partition coefficient (Wildman–Crippen LogP) is 1.75. The van der Waals surface area contributed by atoms with E-state index in [0.29, 0.717) is 0 Å². The van der Waals surface area contributed by atoms with Crippen LogP contribution in [0, 0.1) is 11.3 Å². The second-order valence-electron chi connectivity index (χ2n) is 5.13. The Morgan fingerprint density at radius 2 is 2.08 bits per heavy atom. The molecular formula is C11H24N2. The first kappa shape index (κ1) is 11.0. The molecule has 78 valence electrons. The Hall–Kier alpha value is -0.0800. The van der Waals surface area contributed by atoms with Gasteiger partial charge >= 0.3 is 0 Å². The van der Waals surface area contributed by atoms with Crippen molar-refractivity contribution in [2.45, 2.75) is 39.5 Å². The van der Waals surface area contributed by atoms with Crippen LogP contribution in [0.5, 0.6) is 0 Å². The molecule has 0 saturated heterocycles. The second kappa shape index (κ2) is 4.97. The van der Waals surface area contributed by atoms with Gasteiger partial charge in [0.25, 0.3) is 0 Å². The van der Waals surface area contributed by atoms with Gasteiger partial charge in [0, 0.05) is 6.54 Å². The zero-order valence-corrected chi connectivity index (χ0v) is 9.10. The number of hydrogen-bond donors (Lipinski definition) is 2. The molecule has 1 fully saturated rings. The van der Waals surface area contributed by atoms with E-state index in [4.69, 9.17) is 5.73 Å². The molecule has 0 radical (unpaired) electrons. The molecular weight excluding hydrogens is 160 g/mol. The van der Waals surface area contributed by atoms with Gasteiger partial charge in [0.05, 0.1) is 0 Å². The highest BCUT2D eigenvalue weighted by Crippen LogP contribution is 2.33. The van der Waals surface area contributed by atoms with Crippen molar-refractivity contribution in [2.75, 3.05) is 19.6 Å². The topological polar surface area (TPSA) is 38.0 Å². The molecule has 0 amide bonds. The van der Waals surface area contributed by atoms with E-state index in [2.05, 4.69) is 19.2 Å². The van der Waals surface area contributed by atoms with Gasteiger partial charge in [0.2, 0.25) is 0 Å². The van der Waals surface area contributed by atoms with Crippen molar-refractivity contribution in [3.8, 4) is 0 Å². The SMILES string of the molecule is CC(C)(CN)CNCCCC1CC1. The molecule has 1 rings (SSSR count). The minimum Gasteiger partial charge on any atom is -0.330 e. The van der Waals surface area contributed by atoms with Crippen LogP contribution in [0.2, 0.25) is 0 Å². The predicted molar refractivity (Wildman–Crippen MR) is 57.7 cm³/mol. The lowest BCUT2D eigenvalue weighted by atomic mass is 9.94. The van der Waals surface area contributed by atoms with Crippen LogP contribution in [0.3, 0.4) is 0 Å². The average molecular weight is 184 g/mol. The highest BCUT2D eigenvalue weighted by atomic mass is 14.9. The number of rotatable bonds is 7. The summed E-state index contributed by atoms with van der Waals surface area (Å²) in [5.74, 6) is 1.07. The first-order chi connectivity index (χ1) is 6.14. The molecule has 0 bridgehead atoms. The summed E-state index contributed by atoms with van der Waals surface area (Å²) in [5.41, 5.74) is 5.90. The van der Waals surface area contributed by atoms with E-state index < -0.39 is 0 Å². The van der Waals surface area contributed by atoms with Crippen molar-refractivity contribution in [1.82, 2.24) is 5.32 Å². The Labute approximate surface area is 82.3 Å². The largest absolute Gasteiger partial charge is 0.330 e. The van der Waals surface area contributed by atoms with E-state index in [1.165, 1.54) is 32.2 Å². The Kier molecular flexibility index (Phi) is 4.20. The first-order valence-electron chi connectivity index (χ1n) is 5.55. The van der Waals surface area contributed by atoms with Crippen LogP contribution in [-0.4, -0.2) is 19.6 Å². The summed E-state index contributed by atoms with van der Waals surface area (Å²) in [5, 5.41) is 3.48. The van der Waals surface area contributed by atoms with Crippen LogP contribution >= 0.6 is 0 Å². The molecule has 1 saturated carbocycles. The molecule has 0 aliphatic heterocycles. The minimum absolute atomic E-state index is 0.263. The highest BCUT2D eigenvalue weighted by Gasteiger charge is 2.20. The molecule has 2 nitrogen and oxygen atoms in total. The zero-order chi connectivity index (χ0) is 9.73. The van der Waals surface area contributed by atoms with Crippen molar-refractivity contribution in [2.24, 2.45) is 17.1 Å². The van der Waals surface area contributed by atoms with E-state index in [1.54, 1.807) is 0 Å². The summed E-state index contributed by atoms with van der Waals surface area (Å²) in [6, 6.07) is 0. The van der Waals surface area contributed by atoms with E-state index in [1.807, 2.05) is 0 Å². The standard InChI is InChI=1S/C11H24N2/c1-11(2,8-12)9-13-7-3-4-10-5-6-10/h10,13H,3-9,12H2,1-2H3. The third-order valence-corrected chi connectivity index (χ3v) is 2.82. The van der Waals surface area contributed by atoms with Gasteiger partial charge in [0.1, 0.15) is 0 Å². The van der Waals surface area contributed by atoms with Crippen molar-refractivity contribution in [1.29, 1.82) is 0 Å². The average Bonchev–Trinajstić information content (AvgIpc) is 2.87. The van der Waals surface area contributed by atoms with Crippen molar-refractivity contribution in [3.05, 3.63) is 0 Å². The number of hydrogen-bond acceptors (Lipinski definition) is 2. The fourth-order valence-electron chi connectivity index (χ4n) is 1.42. The monoisotopic (exact) mass is 184 g/mol. The van der Waals surface area contributed by atoms with Gasteiger partial charge in [-0.2, -0.15) is 0 Å². The summed E-state index contributed by atoms with van der Waals surface area (Å²) >= 11 is 0. The molecule has 1 aliphatic rings. The van der Waals surface area contributed by atoms with E-state index >= 15 is 0 Å². The van der Waals surface area contributed by atoms with Crippen LogP contribution in [-0.2, 0) is 0 Å². The summed E-state index contributed by atoms with van der Waals surface area (Å²) in [4.78, 5) is 0. The summed E-state index contributed by atoms with van der Waals surface area (Å²) in [7, 11) is 0. The third-order valence-electron chi connectivity index (χ3n) is 2.82. The second-order valence-corrected chi connectivity index (χ2v) is 5.13. The maximum atomic E-state index is 5.64. The maximum absolute atomic E-state index is 5.64. The summed E-state index contributed by atoms with van der Waals surface area (Å²) in [6.07, 6.45) is 5.73. The normalized spacial score (nSPS) is 17.8. The maximum Gasteiger partial charge on any atom is 0.00146 e. The van der Waals surface area contributed by atoms with Crippen LogP contribution in [0.1, 0.15) is 39.5 Å². The molecule has 0 aromatic heterocycles. The summed E-state index contributed by atoms with van der Waals surface area (Å²) < 4.78 is 0. The molecule has 0 spiro atoms. The lowest BCUT2D eigenvalue weighted by Gasteiger charge is -2.22. The van der Waals surface area contributed by atoms with Crippen molar-refractivity contribution < 1.29 is 0 Å². The molecule has 0 unspecified atom stereocenters. The molecule has 2 heteroatoms. The molecule has 0 atom stereocenters. The van der Waals surface area contributed by atoms with Gasteiger partial charge in [0.15, 0.2) is 0 Å². The number of nitrogens with one attached hydrogen (secondary N) is 1. The van der Waals surface area contributed by atoms with Crippen LogP contribution in [0.15, 0.2) is 0 Å². The summed E-state index contributed by atoms with van der Waals surface area (Å²) in [6.45, 7) is 7.40. The van der Waals surface area contributed by atoms with Crippen LogP contribution in [0.4, 0.5) is 0 Å². The van der Waals surface area contributed by atoms with E-state index in [0.717, 1.165) is 19.0 Å². The fraction of sp³-hybridized carbons (Fsp3) is 1.00. The Bertz CT molecular complexity index is 139. The minimum atomic E-state index is 0.263. The zero-order valence-electron chi connectivity index (χ0n) is 9.10. The fourth-order valence-corrected chi connectivity index (χ4v) is 1.42. The van der Waals surface area contributed by atoms with Gasteiger partial charge < -0.3 is 11.1 Å². The number of nitrogens with two attached hydrogens (primary N) is 1. The van der Waals surface area contributed by atoms with E-state index in [9.17, 15) is 0 Å². The van der Waals surface area contributed by atoms with Gasteiger partial charge in [-0.1, -0.05) is 26.7 Å². The highest BCUT2D eigenvalue weighted by molar-refractivity contribution is 4.74. The molecule has 13 heavy (non-hydrogen) atoms. The quantitative estimate of drug-likeness (QED) is 0.592. The van der Waals surface area contributed by atoms with Gasteiger partial charge in [-0.3, -0.25) is 0 Å². The molecule has 1 aliphatic carbocycles. The molecule has 0 aromatic carbocycles. The third kappa shape index (κ3) is 5.27. The van der Waals surface area contributed by atoms with Crippen molar-refractivity contribution >= 4 is 0 Å². The Morgan fingerprint density at radius 3 is 2.62 bits per heavy atom. The lowest BCUT2D eigenvalue weighted by molar-refractivity contribution is 0.350. The van der Waals surface area contributed by atoms with Gasteiger partial charge in [-0.05, 0) is 37.3 Å². The van der Waals surface area contributed by atoms with Gasteiger partial charge in [-0.15, -0.1) is 0 Å². The van der Waals surface area contributed by atoms with Crippen LogP contribution in [0.25, 0.3) is 0 Å². The Morgan fingerprint density at radius 1 is 1.38 bits per heavy atom. The van der Waals surface area contributed by atoms with Crippen molar-refractivity contribution in [3.63, 3.8) is 0 Å².